The largest absolute Gasteiger partial charge is 0.463 e. The number of halogens is 2. The van der Waals surface area contributed by atoms with E-state index >= 15 is 0 Å². The Balaban J connectivity index is 3.07. The van der Waals surface area contributed by atoms with Crippen LogP contribution in [-0.2, 0) is 9.53 Å². The van der Waals surface area contributed by atoms with E-state index in [9.17, 15) is 4.79 Å². The molecule has 0 bridgehead atoms. The number of rotatable bonds is 22. The first-order valence-electron chi connectivity index (χ1n) is 12.1. The molecule has 0 radical (unpaired) electrons. The summed E-state index contributed by atoms with van der Waals surface area (Å²) < 4.78 is 4.57. The van der Waals surface area contributed by atoms with Crippen LogP contribution in [0.5, 0.6) is 0 Å². The lowest BCUT2D eigenvalue weighted by atomic mass is 10.0. The van der Waals surface area contributed by atoms with Crippen LogP contribution in [0.15, 0.2) is 12.7 Å². The summed E-state index contributed by atoms with van der Waals surface area (Å²) in [6.45, 7) is 3.93. The fourth-order valence-corrected chi connectivity index (χ4v) is 4.22. The van der Waals surface area contributed by atoms with Crippen molar-refractivity contribution >= 4 is 39.4 Å². The predicted molar refractivity (Wildman–Crippen MR) is 133 cm³/mol. The molecule has 0 aliphatic rings. The number of alkyl halides is 2. The Bertz CT molecular complexity index is 384. The quantitative estimate of drug-likeness (QED) is 0.0540. The minimum absolute atomic E-state index is 0.305. The monoisotopic (exact) mass is 464 g/mol. The summed E-state index contributed by atoms with van der Waals surface area (Å²) in [5.41, 5.74) is 0. The van der Waals surface area contributed by atoms with Crippen molar-refractivity contribution < 1.29 is 9.53 Å². The van der Waals surface area contributed by atoms with Crippen LogP contribution < -0.4 is 0 Å². The average molecular weight is 466 g/mol. The zero-order valence-corrected chi connectivity index (χ0v) is 22.5. The van der Waals surface area contributed by atoms with Crippen LogP contribution in [0, 0.1) is 0 Å². The molecule has 0 aromatic carbocycles. The summed E-state index contributed by atoms with van der Waals surface area (Å²) in [7, 11) is 0.865. The van der Waals surface area contributed by atoms with Crippen molar-refractivity contribution in [1.82, 2.24) is 0 Å². The van der Waals surface area contributed by atoms with Gasteiger partial charge in [-0.2, -0.15) is 0 Å². The van der Waals surface area contributed by atoms with Crippen LogP contribution >= 0.6 is 23.2 Å². The number of carbonyl (C=O) groups excluding carboxylic acids is 1. The van der Waals surface area contributed by atoms with Gasteiger partial charge in [-0.15, -0.1) is 23.2 Å². The van der Waals surface area contributed by atoms with Gasteiger partial charge in [-0.25, -0.2) is 4.79 Å². The number of carbonyl (C=O) groups is 1. The lowest BCUT2D eigenvalue weighted by molar-refractivity contribution is -0.137. The second kappa shape index (κ2) is 21.2. The molecule has 0 unspecified atom stereocenters. The molecular weight excluding hydrogens is 419 g/mol. The number of hydrogen-bond donors (Lipinski definition) is 0. The van der Waals surface area contributed by atoms with Crippen LogP contribution in [-0.4, -0.2) is 26.8 Å². The van der Waals surface area contributed by atoms with Gasteiger partial charge in [0.15, 0.2) is 0 Å². The molecule has 0 heterocycles. The Labute approximate surface area is 193 Å². The predicted octanol–water partition coefficient (Wildman–Crippen LogP) is 7.62. The molecule has 5 heteroatoms. The van der Waals surface area contributed by atoms with E-state index in [0.29, 0.717) is 6.61 Å². The molecule has 0 aliphatic heterocycles. The Kier molecular flexibility index (Phi) is 21.3. The van der Waals surface area contributed by atoms with Crippen molar-refractivity contribution in [2.24, 2.45) is 0 Å². The zero-order chi connectivity index (χ0) is 21.6. The van der Waals surface area contributed by atoms with Gasteiger partial charge >= 0.3 is 5.97 Å². The second-order valence-electron chi connectivity index (χ2n) is 8.56. The third-order valence-corrected chi connectivity index (χ3v) is 6.30. The normalized spacial score (nSPS) is 11.7. The molecule has 0 aliphatic carbocycles. The maximum atomic E-state index is 10.9. The first-order chi connectivity index (χ1) is 14.0. The highest BCUT2D eigenvalue weighted by Crippen LogP contribution is 2.24. The number of esters is 1. The summed E-state index contributed by atoms with van der Waals surface area (Å²) in [4.78, 5) is 10.9. The fourth-order valence-electron chi connectivity index (χ4n) is 3.60. The molecule has 0 saturated heterocycles. The highest BCUT2D eigenvalue weighted by atomic mass is 35.5. The Morgan fingerprint density at radius 2 is 1.00 bits per heavy atom. The van der Waals surface area contributed by atoms with Gasteiger partial charge in [0.05, 0.1) is 10.6 Å². The average Bonchev–Trinajstić information content (AvgIpc) is 2.68. The Morgan fingerprint density at radius 1 is 0.690 bits per heavy atom. The molecule has 172 valence electrons. The fraction of sp³-hybridized carbons (Fsp3) is 0.875. The minimum Gasteiger partial charge on any atom is -0.463 e. The zero-order valence-electron chi connectivity index (χ0n) is 19.0. The third kappa shape index (κ3) is 26.0. The standard InChI is InChI=1S/C24H46Cl2O2Si/c1-2-23(27)28-22-20-18-16-14-12-10-8-6-4-3-5-7-9-11-13-15-17-19-21-24(25,26)29/h2H,1,3-22H2,29H3. The smallest absolute Gasteiger partial charge is 0.330 e. The van der Waals surface area contributed by atoms with E-state index < -0.39 is 3.96 Å². The molecule has 0 amide bonds. The van der Waals surface area contributed by atoms with E-state index in [0.717, 1.165) is 29.5 Å². The van der Waals surface area contributed by atoms with Crippen LogP contribution in [0.1, 0.15) is 122 Å². The molecular formula is C24H46Cl2O2Si. The molecule has 0 N–H and O–H groups in total. The summed E-state index contributed by atoms with van der Waals surface area (Å²) in [5, 5.41) is 0. The lowest BCUT2D eigenvalue weighted by Crippen LogP contribution is -2.11. The van der Waals surface area contributed by atoms with E-state index in [1.165, 1.54) is 109 Å². The minimum atomic E-state index is -0.398. The molecule has 0 spiro atoms. The molecule has 2 nitrogen and oxygen atoms in total. The van der Waals surface area contributed by atoms with Gasteiger partial charge in [-0.1, -0.05) is 116 Å². The maximum Gasteiger partial charge on any atom is 0.330 e. The van der Waals surface area contributed by atoms with E-state index in [4.69, 9.17) is 27.9 Å². The topological polar surface area (TPSA) is 26.3 Å². The Hall–Kier alpha value is 0.00688. The molecule has 0 fully saturated rings. The number of unbranched alkanes of at least 4 members (excludes halogenated alkanes) is 17. The van der Waals surface area contributed by atoms with Crippen molar-refractivity contribution in [1.29, 1.82) is 0 Å². The van der Waals surface area contributed by atoms with Gasteiger partial charge in [-0.05, 0) is 12.8 Å². The van der Waals surface area contributed by atoms with Gasteiger partial charge in [0, 0.05) is 16.3 Å². The van der Waals surface area contributed by atoms with Gasteiger partial charge in [0.1, 0.15) is 0 Å². The van der Waals surface area contributed by atoms with Gasteiger partial charge in [0.25, 0.3) is 0 Å². The van der Waals surface area contributed by atoms with Gasteiger partial charge in [0.2, 0.25) is 0 Å². The van der Waals surface area contributed by atoms with E-state index in [1.807, 2.05) is 0 Å². The molecule has 0 saturated carbocycles. The summed E-state index contributed by atoms with van der Waals surface area (Å²) in [5.74, 6) is -0.305. The van der Waals surface area contributed by atoms with Crippen molar-refractivity contribution in [2.75, 3.05) is 6.61 Å². The summed E-state index contributed by atoms with van der Waals surface area (Å²) >= 11 is 12.1. The van der Waals surface area contributed by atoms with Gasteiger partial charge in [-0.3, -0.25) is 0 Å². The highest BCUT2D eigenvalue weighted by Gasteiger charge is 2.14. The molecule has 0 aromatic rings. The summed E-state index contributed by atoms with van der Waals surface area (Å²) in [6.07, 6.45) is 26.1. The summed E-state index contributed by atoms with van der Waals surface area (Å²) in [6, 6.07) is 0. The van der Waals surface area contributed by atoms with Crippen LogP contribution in [0.3, 0.4) is 0 Å². The van der Waals surface area contributed by atoms with Crippen LogP contribution in [0.2, 0.25) is 0 Å². The first-order valence-corrected chi connectivity index (χ1v) is 13.9. The maximum absolute atomic E-state index is 10.9. The first kappa shape index (κ1) is 29.0. The van der Waals surface area contributed by atoms with Crippen LogP contribution in [0.25, 0.3) is 0 Å². The van der Waals surface area contributed by atoms with Crippen molar-refractivity contribution in [3.8, 4) is 0 Å². The third-order valence-electron chi connectivity index (χ3n) is 5.42. The van der Waals surface area contributed by atoms with E-state index in [-0.39, 0.29) is 5.97 Å². The molecule has 0 aromatic heterocycles. The number of hydrogen-bond acceptors (Lipinski definition) is 2. The van der Waals surface area contributed by atoms with Crippen molar-refractivity contribution in [2.45, 2.75) is 126 Å². The van der Waals surface area contributed by atoms with Crippen LogP contribution in [0.4, 0.5) is 0 Å². The van der Waals surface area contributed by atoms with Crippen molar-refractivity contribution in [3.63, 3.8) is 0 Å². The second-order valence-corrected chi connectivity index (χ2v) is 13.4. The highest BCUT2D eigenvalue weighted by molar-refractivity contribution is 6.65. The molecule has 0 rings (SSSR count). The van der Waals surface area contributed by atoms with E-state index in [2.05, 4.69) is 6.58 Å². The number of ether oxygens (including phenoxy) is 1. The van der Waals surface area contributed by atoms with E-state index in [1.54, 1.807) is 0 Å². The molecule has 0 atom stereocenters. The lowest BCUT2D eigenvalue weighted by Gasteiger charge is -2.12. The SMILES string of the molecule is C=CC(=O)OCCCCCCCCCCCCCCCCCCCCC([SiH3])(Cl)Cl. The Morgan fingerprint density at radius 3 is 1.31 bits per heavy atom. The molecule has 29 heavy (non-hydrogen) atoms. The van der Waals surface area contributed by atoms with Crippen molar-refractivity contribution in [3.05, 3.63) is 12.7 Å². The van der Waals surface area contributed by atoms with Gasteiger partial charge < -0.3 is 4.74 Å².